The van der Waals surface area contributed by atoms with Crippen LogP contribution in [0.2, 0.25) is 0 Å². The van der Waals surface area contributed by atoms with E-state index in [0.717, 1.165) is 0 Å². The summed E-state index contributed by atoms with van der Waals surface area (Å²) in [4.78, 5) is 38.8. The molecule has 0 radical (unpaired) electrons. The minimum absolute atomic E-state index is 0.0269. The van der Waals surface area contributed by atoms with Crippen molar-refractivity contribution < 1.29 is 9.59 Å². The number of carbonyl (C=O) groups excluding carboxylic acids is 2. The van der Waals surface area contributed by atoms with Gasteiger partial charge in [-0.1, -0.05) is 69.8 Å². The topological polar surface area (TPSA) is 98.4 Å². The van der Waals surface area contributed by atoms with Crippen LogP contribution in [0.3, 0.4) is 0 Å². The summed E-state index contributed by atoms with van der Waals surface area (Å²) in [6.07, 6.45) is 0. The van der Waals surface area contributed by atoms with Gasteiger partial charge in [-0.2, -0.15) is 0 Å². The number of Topliss-reactive ketones (excluding diaryl/α,β-unsaturated/α-hetero) is 1. The van der Waals surface area contributed by atoms with Gasteiger partial charge in [0.2, 0.25) is 5.78 Å². The van der Waals surface area contributed by atoms with Crippen molar-refractivity contribution in [1.29, 1.82) is 0 Å². The van der Waals surface area contributed by atoms with Gasteiger partial charge in [0.05, 0.1) is 16.7 Å². The number of nitrogens with zero attached hydrogens (tertiary/aromatic N) is 4. The highest BCUT2D eigenvalue weighted by atomic mass is 32.2. The maximum atomic E-state index is 13.4. The van der Waals surface area contributed by atoms with Gasteiger partial charge in [0.15, 0.2) is 10.9 Å². The molecule has 4 rings (SSSR count). The minimum atomic E-state index is -0.207. The molecule has 1 N–H and O–H groups in total. The molecule has 0 fully saturated rings. The number of carbonyl (C=O) groups is 2. The maximum Gasteiger partial charge on any atom is 0.262 e. The van der Waals surface area contributed by atoms with Crippen LogP contribution in [0.4, 0.5) is 0 Å². The number of benzene rings is 2. The zero-order chi connectivity index (χ0) is 25.1. The van der Waals surface area contributed by atoms with Gasteiger partial charge in [-0.05, 0) is 30.0 Å². The minimum Gasteiger partial charge on any atom is -0.352 e. The summed E-state index contributed by atoms with van der Waals surface area (Å²) in [5, 5.41) is 12.5. The molecular weight excluding hydrogens is 462 g/mol. The quantitative estimate of drug-likeness (QED) is 0.280. The fourth-order valence-corrected chi connectivity index (χ4v) is 4.62. The van der Waals surface area contributed by atoms with Gasteiger partial charge in [0, 0.05) is 24.2 Å². The lowest BCUT2D eigenvalue weighted by molar-refractivity contribution is 0.0948. The van der Waals surface area contributed by atoms with Crippen LogP contribution in [0.25, 0.3) is 16.7 Å². The van der Waals surface area contributed by atoms with E-state index in [1.165, 1.54) is 11.8 Å². The number of hydrogen-bond acceptors (Lipinski definition) is 6. The Morgan fingerprint density at radius 3 is 2.40 bits per heavy atom. The lowest BCUT2D eigenvalue weighted by atomic mass is 10.1. The smallest absolute Gasteiger partial charge is 0.262 e. The van der Waals surface area contributed by atoms with Gasteiger partial charge >= 0.3 is 0 Å². The molecule has 0 unspecified atom stereocenters. The molecule has 9 heteroatoms. The zero-order valence-corrected chi connectivity index (χ0v) is 21.1. The molecule has 1 amide bonds. The second-order valence-electron chi connectivity index (χ2n) is 9.34. The number of thioether (sulfide) groups is 1. The molecule has 0 atom stereocenters. The summed E-state index contributed by atoms with van der Waals surface area (Å²) in [6.45, 7) is 9.13. The van der Waals surface area contributed by atoms with Gasteiger partial charge in [0.25, 0.3) is 11.5 Å². The van der Waals surface area contributed by atoms with E-state index in [-0.39, 0.29) is 28.9 Å². The normalized spacial score (nSPS) is 11.6. The summed E-state index contributed by atoms with van der Waals surface area (Å²) in [5.74, 6) is 0.859. The first-order valence-corrected chi connectivity index (χ1v) is 12.7. The molecule has 0 bridgehead atoms. The molecule has 0 saturated heterocycles. The van der Waals surface area contributed by atoms with E-state index in [4.69, 9.17) is 0 Å². The molecule has 2 aromatic carbocycles. The third-order valence-corrected chi connectivity index (χ3v) is 6.41. The first-order chi connectivity index (χ1) is 16.8. The number of ketones is 1. The van der Waals surface area contributed by atoms with Crippen LogP contribution in [-0.4, -0.2) is 43.2 Å². The van der Waals surface area contributed by atoms with Crippen molar-refractivity contribution in [1.82, 2.24) is 24.5 Å². The molecule has 35 heavy (non-hydrogen) atoms. The average Bonchev–Trinajstić information content (AvgIpc) is 3.27. The van der Waals surface area contributed by atoms with Crippen molar-refractivity contribution in [3.05, 3.63) is 70.0 Å². The molecule has 8 nitrogen and oxygen atoms in total. The number of hydrogen-bond donors (Lipinski definition) is 1. The highest BCUT2D eigenvalue weighted by molar-refractivity contribution is 7.99. The molecule has 0 aliphatic rings. The molecular formula is C26H29N5O3S. The fraction of sp³-hybridized carbons (Fsp3) is 0.346. The molecule has 0 aliphatic carbocycles. The van der Waals surface area contributed by atoms with Crippen LogP contribution in [0.15, 0.2) is 58.5 Å². The van der Waals surface area contributed by atoms with Crippen LogP contribution in [-0.2, 0) is 6.54 Å². The highest BCUT2D eigenvalue weighted by Gasteiger charge is 2.20. The first kappa shape index (κ1) is 24.7. The Labute approximate surface area is 207 Å². The van der Waals surface area contributed by atoms with Gasteiger partial charge in [-0.3, -0.25) is 23.4 Å². The Balaban J connectivity index is 1.81. The summed E-state index contributed by atoms with van der Waals surface area (Å²) >= 11 is 1.26. The van der Waals surface area contributed by atoms with Crippen LogP contribution in [0, 0.1) is 11.8 Å². The Morgan fingerprint density at radius 2 is 1.71 bits per heavy atom. The lowest BCUT2D eigenvalue weighted by Gasteiger charge is -2.14. The average molecular weight is 492 g/mol. The van der Waals surface area contributed by atoms with Gasteiger partial charge < -0.3 is 5.32 Å². The van der Waals surface area contributed by atoms with Crippen LogP contribution in [0.1, 0.15) is 48.4 Å². The summed E-state index contributed by atoms with van der Waals surface area (Å²) in [6, 6.07) is 14.1. The molecule has 4 aromatic rings. The van der Waals surface area contributed by atoms with Crippen LogP contribution >= 0.6 is 11.8 Å². The second-order valence-corrected chi connectivity index (χ2v) is 10.3. The first-order valence-electron chi connectivity index (χ1n) is 11.7. The van der Waals surface area contributed by atoms with Crippen molar-refractivity contribution in [2.24, 2.45) is 11.8 Å². The molecule has 0 saturated carbocycles. The Hall–Kier alpha value is -3.46. The Bertz CT molecular complexity index is 1440. The third kappa shape index (κ3) is 5.30. The van der Waals surface area contributed by atoms with E-state index < -0.39 is 0 Å². The highest BCUT2D eigenvalue weighted by Crippen LogP contribution is 2.24. The SMILES string of the molecule is CC(C)CNC(=O)c1ccc2c(=O)n(CC(C)C)c3nnc(SCC(=O)c4ccccc4)n3c2c1. The van der Waals surface area contributed by atoms with Crippen molar-refractivity contribution >= 4 is 40.1 Å². The third-order valence-electron chi connectivity index (χ3n) is 5.48. The largest absolute Gasteiger partial charge is 0.352 e. The molecule has 0 spiro atoms. The van der Waals surface area contributed by atoms with Gasteiger partial charge in [-0.25, -0.2) is 0 Å². The van der Waals surface area contributed by atoms with Gasteiger partial charge in [-0.15, -0.1) is 10.2 Å². The predicted molar refractivity (Wildman–Crippen MR) is 138 cm³/mol. The zero-order valence-electron chi connectivity index (χ0n) is 20.3. The van der Waals surface area contributed by atoms with Crippen molar-refractivity contribution in [3.63, 3.8) is 0 Å². The van der Waals surface area contributed by atoms with Crippen molar-refractivity contribution in [2.75, 3.05) is 12.3 Å². The standard InChI is InChI=1S/C26H29N5O3S/c1-16(2)13-27-23(33)19-10-11-20-21(12-19)31-25(30(24(20)34)14-17(3)4)28-29-26(31)35-15-22(32)18-8-6-5-7-9-18/h5-12,16-17H,13-15H2,1-4H3,(H,27,33). The van der Waals surface area contributed by atoms with E-state index >= 15 is 0 Å². The van der Waals surface area contributed by atoms with E-state index in [1.807, 2.05) is 45.9 Å². The van der Waals surface area contributed by atoms with E-state index in [1.54, 1.807) is 39.3 Å². The fourth-order valence-electron chi connectivity index (χ4n) is 3.78. The number of amides is 1. The Morgan fingerprint density at radius 1 is 0.971 bits per heavy atom. The van der Waals surface area contributed by atoms with E-state index in [9.17, 15) is 14.4 Å². The van der Waals surface area contributed by atoms with Crippen molar-refractivity contribution in [3.8, 4) is 0 Å². The summed E-state index contributed by atoms with van der Waals surface area (Å²) in [5.41, 5.74) is 1.44. The van der Waals surface area contributed by atoms with E-state index in [0.29, 0.717) is 52.0 Å². The molecule has 2 aromatic heterocycles. The monoisotopic (exact) mass is 491 g/mol. The predicted octanol–water partition coefficient (Wildman–Crippen LogP) is 4.06. The molecule has 2 heterocycles. The number of rotatable bonds is 9. The van der Waals surface area contributed by atoms with Crippen LogP contribution in [0.5, 0.6) is 0 Å². The summed E-state index contributed by atoms with van der Waals surface area (Å²) in [7, 11) is 0. The van der Waals surface area contributed by atoms with Crippen LogP contribution < -0.4 is 10.9 Å². The summed E-state index contributed by atoms with van der Waals surface area (Å²) < 4.78 is 3.39. The lowest BCUT2D eigenvalue weighted by Crippen LogP contribution is -2.28. The van der Waals surface area contributed by atoms with E-state index in [2.05, 4.69) is 15.5 Å². The maximum absolute atomic E-state index is 13.4. The number of nitrogens with one attached hydrogen (secondary N) is 1. The van der Waals surface area contributed by atoms with Crippen molar-refractivity contribution in [2.45, 2.75) is 39.4 Å². The Kier molecular flexibility index (Phi) is 7.35. The molecule has 182 valence electrons. The number of fused-ring (bicyclic) bond motifs is 3. The number of aromatic nitrogens is 4. The van der Waals surface area contributed by atoms with Gasteiger partial charge in [0.1, 0.15) is 0 Å². The second kappa shape index (κ2) is 10.4. The molecule has 0 aliphatic heterocycles.